The van der Waals surface area contributed by atoms with Crippen LogP contribution in [0.3, 0.4) is 0 Å². The van der Waals surface area contributed by atoms with Crippen molar-refractivity contribution in [1.82, 2.24) is 5.32 Å². The molecule has 31 heavy (non-hydrogen) atoms. The third-order valence-electron chi connectivity index (χ3n) is 5.85. The molecule has 0 fully saturated rings. The molecule has 5 heteroatoms. The molecule has 158 valence electrons. The Kier molecular flexibility index (Phi) is 5.88. The molecule has 4 rings (SSSR count). The third-order valence-corrected chi connectivity index (χ3v) is 6.58. The van der Waals surface area contributed by atoms with E-state index in [1.165, 1.54) is 5.56 Å². The molecule has 0 spiro atoms. The smallest absolute Gasteiger partial charge is 0.259 e. The standard InChI is InChI=1S/C26H26N2O2S/c1-18-11-13-19(14-12-18)17-27-25(30)26(2)16-20-7-4-5-10-23(20)24(29)28(26)21-8-6-9-22(15-21)31-3/h4-15H,16-17H2,1-3H3,(H,27,30)/t26-/m0/s1. The molecule has 0 aromatic heterocycles. The number of thioether (sulfide) groups is 1. The molecule has 0 saturated carbocycles. The average molecular weight is 431 g/mol. The second-order valence-corrected chi connectivity index (χ2v) is 9.00. The summed E-state index contributed by atoms with van der Waals surface area (Å²) >= 11 is 1.61. The lowest BCUT2D eigenvalue weighted by molar-refractivity contribution is -0.126. The largest absolute Gasteiger partial charge is 0.350 e. The summed E-state index contributed by atoms with van der Waals surface area (Å²) in [5.74, 6) is -0.307. The fourth-order valence-corrected chi connectivity index (χ4v) is 4.54. The van der Waals surface area contributed by atoms with E-state index in [4.69, 9.17) is 0 Å². The van der Waals surface area contributed by atoms with Crippen molar-refractivity contribution >= 4 is 29.3 Å². The highest BCUT2D eigenvalue weighted by Crippen LogP contribution is 2.36. The van der Waals surface area contributed by atoms with Crippen molar-refractivity contribution < 1.29 is 9.59 Å². The number of carbonyl (C=O) groups excluding carboxylic acids is 2. The number of aryl methyl sites for hydroxylation is 1. The van der Waals surface area contributed by atoms with Crippen LogP contribution in [0.15, 0.2) is 77.7 Å². The van der Waals surface area contributed by atoms with Gasteiger partial charge in [0.05, 0.1) is 0 Å². The Hall–Kier alpha value is -3.05. The average Bonchev–Trinajstić information content (AvgIpc) is 2.78. The zero-order valence-corrected chi connectivity index (χ0v) is 18.8. The van der Waals surface area contributed by atoms with Gasteiger partial charge in [-0.2, -0.15) is 0 Å². The van der Waals surface area contributed by atoms with Gasteiger partial charge in [-0.05, 0) is 55.5 Å². The van der Waals surface area contributed by atoms with Gasteiger partial charge in [0.15, 0.2) is 0 Å². The fourth-order valence-electron chi connectivity index (χ4n) is 4.09. The van der Waals surface area contributed by atoms with Gasteiger partial charge in [0, 0.05) is 29.1 Å². The van der Waals surface area contributed by atoms with Gasteiger partial charge in [-0.1, -0.05) is 54.1 Å². The van der Waals surface area contributed by atoms with Gasteiger partial charge in [-0.3, -0.25) is 14.5 Å². The van der Waals surface area contributed by atoms with E-state index in [-0.39, 0.29) is 11.8 Å². The molecular formula is C26H26N2O2S. The minimum atomic E-state index is -1.03. The molecule has 1 aliphatic rings. The van der Waals surface area contributed by atoms with Crippen LogP contribution in [0.5, 0.6) is 0 Å². The second kappa shape index (κ2) is 8.60. The van der Waals surface area contributed by atoms with Gasteiger partial charge < -0.3 is 5.32 Å². The number of nitrogens with one attached hydrogen (secondary N) is 1. The van der Waals surface area contributed by atoms with Crippen LogP contribution in [0, 0.1) is 6.92 Å². The summed E-state index contributed by atoms with van der Waals surface area (Å²) in [4.78, 5) is 29.8. The Balaban J connectivity index is 1.71. The van der Waals surface area contributed by atoms with Crippen LogP contribution >= 0.6 is 11.8 Å². The quantitative estimate of drug-likeness (QED) is 0.580. The lowest BCUT2D eigenvalue weighted by atomic mass is 9.82. The Labute approximate surface area is 187 Å². The van der Waals surface area contributed by atoms with Gasteiger partial charge in [0.25, 0.3) is 5.91 Å². The molecule has 1 aliphatic heterocycles. The first kappa shape index (κ1) is 21.2. The predicted octanol–water partition coefficient (Wildman–Crippen LogP) is 4.99. The highest BCUT2D eigenvalue weighted by Gasteiger charge is 2.47. The summed E-state index contributed by atoms with van der Waals surface area (Å²) < 4.78 is 0. The van der Waals surface area contributed by atoms with Crippen LogP contribution in [0.25, 0.3) is 0 Å². The van der Waals surface area contributed by atoms with Crippen molar-refractivity contribution in [3.8, 4) is 0 Å². The molecule has 3 aromatic rings. The SMILES string of the molecule is CSc1cccc(N2C(=O)c3ccccc3C[C@@]2(C)C(=O)NCc2ccc(C)cc2)c1. The number of benzene rings is 3. The van der Waals surface area contributed by atoms with Crippen LogP contribution in [-0.4, -0.2) is 23.6 Å². The van der Waals surface area contributed by atoms with Crippen molar-refractivity contribution in [2.45, 2.75) is 37.2 Å². The van der Waals surface area contributed by atoms with Crippen molar-refractivity contribution in [3.05, 3.63) is 95.1 Å². The van der Waals surface area contributed by atoms with E-state index in [1.807, 2.05) is 92.9 Å². The van der Waals surface area contributed by atoms with Crippen LogP contribution in [0.1, 0.15) is 34.0 Å². The van der Waals surface area contributed by atoms with Crippen molar-refractivity contribution in [2.75, 3.05) is 11.2 Å². The van der Waals surface area contributed by atoms with Gasteiger partial charge >= 0.3 is 0 Å². The summed E-state index contributed by atoms with van der Waals surface area (Å²) in [7, 11) is 0. The molecule has 4 nitrogen and oxygen atoms in total. The predicted molar refractivity (Wildman–Crippen MR) is 127 cm³/mol. The van der Waals surface area contributed by atoms with E-state index >= 15 is 0 Å². The summed E-state index contributed by atoms with van der Waals surface area (Å²) in [6.45, 7) is 4.31. The Morgan fingerprint density at radius 1 is 1.06 bits per heavy atom. The third kappa shape index (κ3) is 4.10. The van der Waals surface area contributed by atoms with Crippen LogP contribution < -0.4 is 10.2 Å². The van der Waals surface area contributed by atoms with E-state index in [0.29, 0.717) is 18.5 Å². The summed E-state index contributed by atoms with van der Waals surface area (Å²) in [5.41, 5.74) is 3.46. The van der Waals surface area contributed by atoms with E-state index in [2.05, 4.69) is 5.32 Å². The van der Waals surface area contributed by atoms with Crippen molar-refractivity contribution in [2.24, 2.45) is 0 Å². The molecule has 1 heterocycles. The Bertz CT molecular complexity index is 1130. The van der Waals surface area contributed by atoms with E-state index in [9.17, 15) is 9.59 Å². The van der Waals surface area contributed by atoms with Gasteiger partial charge in [-0.15, -0.1) is 11.8 Å². The molecule has 3 aromatic carbocycles. The molecule has 0 bridgehead atoms. The lowest BCUT2D eigenvalue weighted by Gasteiger charge is -2.44. The topological polar surface area (TPSA) is 49.4 Å². The highest BCUT2D eigenvalue weighted by atomic mass is 32.2. The minimum Gasteiger partial charge on any atom is -0.350 e. The van der Waals surface area contributed by atoms with Crippen LogP contribution in [0.4, 0.5) is 5.69 Å². The molecule has 2 amide bonds. The number of rotatable bonds is 5. The van der Waals surface area contributed by atoms with Crippen LogP contribution in [-0.2, 0) is 17.8 Å². The fraction of sp³-hybridized carbons (Fsp3) is 0.231. The normalized spacial score (nSPS) is 17.9. The summed E-state index contributed by atoms with van der Waals surface area (Å²) in [5, 5.41) is 3.07. The first-order valence-corrected chi connectivity index (χ1v) is 11.6. The summed E-state index contributed by atoms with van der Waals surface area (Å²) in [6, 6.07) is 23.5. The monoisotopic (exact) mass is 430 g/mol. The number of hydrogen-bond acceptors (Lipinski definition) is 3. The van der Waals surface area contributed by atoms with E-state index < -0.39 is 5.54 Å². The maximum absolute atomic E-state index is 13.6. The molecule has 0 radical (unpaired) electrons. The zero-order valence-electron chi connectivity index (χ0n) is 18.0. The number of hydrogen-bond donors (Lipinski definition) is 1. The van der Waals surface area contributed by atoms with Gasteiger partial charge in [-0.25, -0.2) is 0 Å². The van der Waals surface area contributed by atoms with E-state index in [0.717, 1.165) is 21.7 Å². The van der Waals surface area contributed by atoms with Gasteiger partial charge in [0.2, 0.25) is 5.91 Å². The maximum atomic E-state index is 13.6. The van der Waals surface area contributed by atoms with Gasteiger partial charge in [0.1, 0.15) is 5.54 Å². The number of fused-ring (bicyclic) bond motifs is 1. The molecular weight excluding hydrogens is 404 g/mol. The minimum absolute atomic E-state index is 0.145. The summed E-state index contributed by atoms with van der Waals surface area (Å²) in [6.07, 6.45) is 2.46. The molecule has 1 atom stereocenters. The molecule has 0 aliphatic carbocycles. The van der Waals surface area contributed by atoms with Crippen LogP contribution in [0.2, 0.25) is 0 Å². The number of anilines is 1. The first-order valence-electron chi connectivity index (χ1n) is 10.3. The molecule has 0 saturated heterocycles. The number of nitrogens with zero attached hydrogens (tertiary/aromatic N) is 1. The highest BCUT2D eigenvalue weighted by molar-refractivity contribution is 7.98. The van der Waals surface area contributed by atoms with E-state index in [1.54, 1.807) is 16.7 Å². The first-order chi connectivity index (χ1) is 14.9. The maximum Gasteiger partial charge on any atom is 0.259 e. The Morgan fingerprint density at radius 3 is 2.55 bits per heavy atom. The van der Waals surface area contributed by atoms with Crippen molar-refractivity contribution in [1.29, 1.82) is 0 Å². The Morgan fingerprint density at radius 2 is 1.81 bits per heavy atom. The zero-order chi connectivity index (χ0) is 22.0. The molecule has 0 unspecified atom stereocenters. The number of carbonyl (C=O) groups is 2. The van der Waals surface area contributed by atoms with Crippen molar-refractivity contribution in [3.63, 3.8) is 0 Å². The lowest BCUT2D eigenvalue weighted by Crippen LogP contribution is -2.63. The number of amides is 2. The second-order valence-electron chi connectivity index (χ2n) is 8.12. The molecule has 1 N–H and O–H groups in total.